The van der Waals surface area contributed by atoms with E-state index in [1.807, 2.05) is 13.8 Å². The van der Waals surface area contributed by atoms with Crippen molar-refractivity contribution in [2.24, 2.45) is 5.92 Å². The van der Waals surface area contributed by atoms with Crippen LogP contribution >= 0.6 is 0 Å². The van der Waals surface area contributed by atoms with Crippen LogP contribution in [0.1, 0.15) is 58.8 Å². The van der Waals surface area contributed by atoms with Crippen molar-refractivity contribution in [3.63, 3.8) is 0 Å². The van der Waals surface area contributed by atoms with E-state index < -0.39 is 15.1 Å². The molecule has 1 aliphatic carbocycles. The predicted octanol–water partition coefficient (Wildman–Crippen LogP) is 4.03. The maximum atomic E-state index is 13.4. The van der Waals surface area contributed by atoms with Crippen LogP contribution in [0.4, 0.5) is 10.1 Å². The number of hydrogen-bond donors (Lipinski definition) is 0. The molecule has 0 radical (unpaired) electrons. The molecule has 168 valence electrons. The van der Waals surface area contributed by atoms with Gasteiger partial charge in [-0.25, -0.2) is 12.8 Å². The summed E-state index contributed by atoms with van der Waals surface area (Å²) in [7, 11) is -1.74. The van der Waals surface area contributed by atoms with Crippen LogP contribution in [-0.2, 0) is 14.6 Å². The summed E-state index contributed by atoms with van der Waals surface area (Å²) in [5.41, 5.74) is 0.976. The van der Waals surface area contributed by atoms with Crippen molar-refractivity contribution in [1.29, 1.82) is 0 Å². The molecule has 2 fully saturated rings. The normalized spacial score (nSPS) is 20.4. The van der Waals surface area contributed by atoms with E-state index >= 15 is 0 Å². The first kappa shape index (κ1) is 23.0. The van der Waals surface area contributed by atoms with Gasteiger partial charge in [0.2, 0.25) is 5.91 Å². The third-order valence-corrected chi connectivity index (χ3v) is 9.63. The number of carbonyl (C=O) groups excluding carboxylic acids is 1. The Hall–Kier alpha value is -1.63. The molecule has 1 amide bonds. The number of anilines is 1. The molecule has 7 heteroatoms. The SMILES string of the molecule is CC(C)C(C(=O)N(C)C1CCN(c2ccc(F)cc2)CC1)S(=O)(=O)C1CCCCC1. The Bertz CT molecular complexity index is 811. The van der Waals surface area contributed by atoms with Crippen molar-refractivity contribution >= 4 is 21.4 Å². The Kier molecular flexibility index (Phi) is 7.43. The third-order valence-electron chi connectivity index (χ3n) is 6.77. The number of halogens is 1. The molecular weight excluding hydrogens is 403 g/mol. The van der Waals surface area contributed by atoms with Gasteiger partial charge in [-0.15, -0.1) is 0 Å². The second kappa shape index (κ2) is 9.67. The second-order valence-electron chi connectivity index (χ2n) is 9.16. The molecule has 1 atom stereocenters. The molecule has 0 N–H and O–H groups in total. The molecular formula is C23H35FN2O3S. The fourth-order valence-corrected chi connectivity index (χ4v) is 7.56. The number of hydrogen-bond acceptors (Lipinski definition) is 4. The summed E-state index contributed by atoms with van der Waals surface area (Å²) in [5, 5.41) is -1.34. The molecule has 5 nitrogen and oxygen atoms in total. The minimum atomic E-state index is -3.50. The van der Waals surface area contributed by atoms with Crippen LogP contribution in [0, 0.1) is 11.7 Å². The van der Waals surface area contributed by atoms with E-state index in [0.717, 1.165) is 50.9 Å². The molecule has 1 saturated heterocycles. The van der Waals surface area contributed by atoms with Crippen LogP contribution in [0.2, 0.25) is 0 Å². The van der Waals surface area contributed by atoms with Gasteiger partial charge in [0.15, 0.2) is 9.84 Å². The maximum absolute atomic E-state index is 13.4. The number of sulfone groups is 1. The third kappa shape index (κ3) is 4.98. The average molecular weight is 439 g/mol. The van der Waals surface area contributed by atoms with Gasteiger partial charge < -0.3 is 9.80 Å². The molecule has 1 aliphatic heterocycles. The Morgan fingerprint density at radius 3 is 2.13 bits per heavy atom. The highest BCUT2D eigenvalue weighted by Gasteiger charge is 2.43. The highest BCUT2D eigenvalue weighted by atomic mass is 32.2. The topological polar surface area (TPSA) is 57.7 Å². The summed E-state index contributed by atoms with van der Waals surface area (Å²) >= 11 is 0. The van der Waals surface area contributed by atoms with Gasteiger partial charge >= 0.3 is 0 Å². The fourth-order valence-electron chi connectivity index (χ4n) is 4.95. The Labute approximate surface area is 180 Å². The van der Waals surface area contributed by atoms with Gasteiger partial charge in [-0.1, -0.05) is 33.1 Å². The van der Waals surface area contributed by atoms with Crippen LogP contribution in [0.15, 0.2) is 24.3 Å². The van der Waals surface area contributed by atoms with Crippen molar-refractivity contribution < 1.29 is 17.6 Å². The summed E-state index contributed by atoms with van der Waals surface area (Å²) in [5.74, 6) is -0.750. The van der Waals surface area contributed by atoms with Crippen molar-refractivity contribution in [3.8, 4) is 0 Å². The number of rotatable bonds is 6. The molecule has 3 rings (SSSR count). The first-order valence-corrected chi connectivity index (χ1v) is 12.8. The van der Waals surface area contributed by atoms with Gasteiger partial charge in [0.1, 0.15) is 11.1 Å². The summed E-state index contributed by atoms with van der Waals surface area (Å²) < 4.78 is 39.8. The summed E-state index contributed by atoms with van der Waals surface area (Å²) in [6.07, 6.45) is 5.85. The molecule has 1 aromatic rings. The largest absolute Gasteiger partial charge is 0.371 e. The molecule has 0 spiro atoms. The van der Waals surface area contributed by atoms with Crippen LogP contribution in [0.3, 0.4) is 0 Å². The van der Waals surface area contributed by atoms with Crippen LogP contribution in [-0.4, -0.2) is 55.9 Å². The first-order chi connectivity index (χ1) is 14.2. The Morgan fingerprint density at radius 2 is 1.60 bits per heavy atom. The quantitative estimate of drug-likeness (QED) is 0.673. The number of amides is 1. The van der Waals surface area contributed by atoms with E-state index in [9.17, 15) is 17.6 Å². The Balaban J connectivity index is 1.66. The molecule has 1 unspecified atom stereocenters. The highest BCUT2D eigenvalue weighted by Crippen LogP contribution is 2.31. The highest BCUT2D eigenvalue weighted by molar-refractivity contribution is 7.93. The van der Waals surface area contributed by atoms with E-state index in [0.29, 0.717) is 12.8 Å². The lowest BCUT2D eigenvalue weighted by atomic mass is 10.0. The lowest BCUT2D eigenvalue weighted by Crippen LogP contribution is -2.53. The summed E-state index contributed by atoms with van der Waals surface area (Å²) in [6.45, 7) is 5.20. The molecule has 2 aliphatic rings. The van der Waals surface area contributed by atoms with Gasteiger partial charge in [-0.05, 0) is 55.9 Å². The maximum Gasteiger partial charge on any atom is 0.241 e. The lowest BCUT2D eigenvalue weighted by molar-refractivity contribution is -0.132. The molecule has 30 heavy (non-hydrogen) atoms. The van der Waals surface area contributed by atoms with E-state index in [4.69, 9.17) is 0 Å². The second-order valence-corrected chi connectivity index (χ2v) is 11.5. The molecule has 1 aromatic carbocycles. The zero-order chi connectivity index (χ0) is 21.9. The minimum Gasteiger partial charge on any atom is -0.371 e. The van der Waals surface area contributed by atoms with E-state index in [1.165, 1.54) is 12.1 Å². The monoisotopic (exact) mass is 438 g/mol. The predicted molar refractivity (Wildman–Crippen MR) is 119 cm³/mol. The number of piperidine rings is 1. The van der Waals surface area contributed by atoms with E-state index in [1.54, 1.807) is 24.1 Å². The fraction of sp³-hybridized carbons (Fsp3) is 0.696. The Morgan fingerprint density at radius 1 is 1.03 bits per heavy atom. The number of carbonyl (C=O) groups is 1. The lowest BCUT2D eigenvalue weighted by Gasteiger charge is -2.39. The van der Waals surface area contributed by atoms with Crippen LogP contribution in [0.25, 0.3) is 0 Å². The van der Waals surface area contributed by atoms with E-state index in [2.05, 4.69) is 4.90 Å². The van der Waals surface area contributed by atoms with Crippen LogP contribution < -0.4 is 4.90 Å². The first-order valence-electron chi connectivity index (χ1n) is 11.2. The smallest absolute Gasteiger partial charge is 0.241 e. The molecule has 0 bridgehead atoms. The minimum absolute atomic E-state index is 0.0250. The van der Waals surface area contributed by atoms with Crippen LogP contribution in [0.5, 0.6) is 0 Å². The zero-order valence-electron chi connectivity index (χ0n) is 18.4. The van der Waals surface area contributed by atoms with Gasteiger partial charge in [0.25, 0.3) is 0 Å². The zero-order valence-corrected chi connectivity index (χ0v) is 19.2. The molecule has 1 heterocycles. The standard InChI is InChI=1S/C23H35FN2O3S/c1-17(2)22(30(28,29)21-7-5-4-6-8-21)23(27)25(3)19-13-15-26(16-14-19)20-11-9-18(24)10-12-20/h9-12,17,19,21-22H,4-8,13-16H2,1-3H3. The van der Waals surface area contributed by atoms with E-state index in [-0.39, 0.29) is 28.9 Å². The number of benzene rings is 1. The molecule has 1 saturated carbocycles. The van der Waals surface area contributed by atoms with Crippen molar-refractivity contribution in [2.75, 3.05) is 25.0 Å². The van der Waals surface area contributed by atoms with Gasteiger partial charge in [-0.2, -0.15) is 0 Å². The van der Waals surface area contributed by atoms with Crippen molar-refractivity contribution in [2.45, 2.75) is 75.3 Å². The van der Waals surface area contributed by atoms with Crippen molar-refractivity contribution in [3.05, 3.63) is 30.1 Å². The van der Waals surface area contributed by atoms with Gasteiger partial charge in [0, 0.05) is 31.9 Å². The van der Waals surface area contributed by atoms with Crippen molar-refractivity contribution in [1.82, 2.24) is 4.90 Å². The number of nitrogens with zero attached hydrogens (tertiary/aromatic N) is 2. The summed E-state index contributed by atoms with van der Waals surface area (Å²) in [4.78, 5) is 17.2. The van der Waals surface area contributed by atoms with Gasteiger partial charge in [-0.3, -0.25) is 4.79 Å². The van der Waals surface area contributed by atoms with Gasteiger partial charge in [0.05, 0.1) is 5.25 Å². The summed E-state index contributed by atoms with van der Waals surface area (Å²) in [6, 6.07) is 6.49. The molecule has 0 aromatic heterocycles. The average Bonchev–Trinajstić information content (AvgIpc) is 2.74.